The van der Waals surface area contributed by atoms with Crippen LogP contribution < -0.4 is 23.7 Å². The molecule has 37 heavy (non-hydrogen) atoms. The largest absolute Gasteiger partial charge is 0.496 e. The number of carbonyl (C=O) groups is 1. The van der Waals surface area contributed by atoms with E-state index in [0.717, 1.165) is 22.4 Å². The zero-order valence-electron chi connectivity index (χ0n) is 20.8. The van der Waals surface area contributed by atoms with E-state index in [1.54, 1.807) is 45.6 Å². The summed E-state index contributed by atoms with van der Waals surface area (Å²) < 4.78 is 28.4. The first-order chi connectivity index (χ1) is 17.8. The van der Waals surface area contributed by atoms with Gasteiger partial charge in [0, 0.05) is 45.9 Å². The molecule has 192 valence electrons. The van der Waals surface area contributed by atoms with Gasteiger partial charge in [-0.3, -0.25) is 9.69 Å². The van der Waals surface area contributed by atoms with E-state index >= 15 is 0 Å². The van der Waals surface area contributed by atoms with Gasteiger partial charge in [0.25, 0.3) is 0 Å². The van der Waals surface area contributed by atoms with E-state index in [-0.39, 0.29) is 11.5 Å². The fourth-order valence-electron chi connectivity index (χ4n) is 4.60. The van der Waals surface area contributed by atoms with E-state index in [4.69, 9.17) is 46.9 Å². The first kappa shape index (κ1) is 25.3. The van der Waals surface area contributed by atoms with Crippen molar-refractivity contribution in [2.24, 2.45) is 0 Å². The van der Waals surface area contributed by atoms with Crippen molar-refractivity contribution in [1.82, 2.24) is 4.90 Å². The van der Waals surface area contributed by atoms with Crippen molar-refractivity contribution in [3.63, 3.8) is 0 Å². The van der Waals surface area contributed by atoms with Crippen molar-refractivity contribution >= 4 is 35.1 Å². The molecular weight excluding hydrogens is 517 g/mol. The van der Waals surface area contributed by atoms with Crippen molar-refractivity contribution in [2.75, 3.05) is 28.1 Å². The van der Waals surface area contributed by atoms with Crippen molar-refractivity contribution in [1.29, 1.82) is 0 Å². The minimum Gasteiger partial charge on any atom is -0.496 e. The molecule has 0 atom stereocenters. The van der Waals surface area contributed by atoms with Crippen LogP contribution in [0.4, 0.5) is 0 Å². The highest BCUT2D eigenvalue weighted by molar-refractivity contribution is 6.35. The van der Waals surface area contributed by atoms with Crippen LogP contribution in [0.15, 0.2) is 42.2 Å². The number of rotatable bonds is 6. The Morgan fingerprint density at radius 1 is 0.973 bits per heavy atom. The summed E-state index contributed by atoms with van der Waals surface area (Å²) in [5.74, 6) is 2.77. The number of hydrogen-bond acceptors (Lipinski definition) is 7. The van der Waals surface area contributed by atoms with Gasteiger partial charge in [0.1, 0.15) is 24.0 Å². The zero-order valence-corrected chi connectivity index (χ0v) is 22.3. The van der Waals surface area contributed by atoms with Crippen LogP contribution in [0.3, 0.4) is 0 Å². The van der Waals surface area contributed by atoms with E-state index in [1.807, 2.05) is 25.1 Å². The molecule has 0 aromatic heterocycles. The summed E-state index contributed by atoms with van der Waals surface area (Å²) in [7, 11) is 4.65. The molecule has 0 amide bonds. The molecule has 2 aliphatic heterocycles. The molecule has 7 nitrogen and oxygen atoms in total. The highest BCUT2D eigenvalue weighted by Gasteiger charge is 2.34. The number of ether oxygens (including phenoxy) is 5. The van der Waals surface area contributed by atoms with Crippen LogP contribution in [0.1, 0.15) is 32.6 Å². The van der Waals surface area contributed by atoms with Gasteiger partial charge in [0.2, 0.25) is 5.78 Å². The fourth-order valence-corrected chi connectivity index (χ4v) is 5.06. The van der Waals surface area contributed by atoms with Crippen molar-refractivity contribution in [3.8, 4) is 28.7 Å². The Labute approximate surface area is 225 Å². The molecule has 3 aromatic rings. The third-order valence-corrected chi connectivity index (χ3v) is 7.02. The highest BCUT2D eigenvalue weighted by atomic mass is 35.5. The standard InChI is InChI=1S/C28H25Cl2NO6/c1-15-27-18(13-31(14-36-27)12-16-5-6-19(29)10-21(16)30)7-20-26(32)25(37-28(15)20)9-17-8-23(34-3)24(35-4)11-22(17)33-2/h5-11H,12-14H2,1-4H3/b25-9-. The minimum absolute atomic E-state index is 0.191. The second-order valence-electron chi connectivity index (χ2n) is 8.75. The average molecular weight is 542 g/mol. The number of carbonyl (C=O) groups excluding carboxylic acids is 1. The predicted octanol–water partition coefficient (Wildman–Crippen LogP) is 6.30. The Balaban J connectivity index is 1.44. The molecule has 9 heteroatoms. The lowest BCUT2D eigenvalue weighted by Crippen LogP contribution is -2.32. The van der Waals surface area contributed by atoms with Crippen LogP contribution in [-0.2, 0) is 13.1 Å². The molecule has 0 aliphatic carbocycles. The fraction of sp³-hybridized carbons (Fsp3) is 0.250. The lowest BCUT2D eigenvalue weighted by molar-refractivity contribution is 0.0877. The van der Waals surface area contributed by atoms with Crippen LogP contribution in [0.2, 0.25) is 10.0 Å². The Morgan fingerprint density at radius 3 is 2.41 bits per heavy atom. The number of Topliss-reactive ketones (excluding diaryl/α,β-unsaturated/α-hetero) is 1. The van der Waals surface area contributed by atoms with Gasteiger partial charge in [-0.2, -0.15) is 0 Å². The third kappa shape index (κ3) is 4.70. The first-order valence-electron chi connectivity index (χ1n) is 11.5. The second-order valence-corrected chi connectivity index (χ2v) is 9.60. The maximum Gasteiger partial charge on any atom is 0.231 e. The quantitative estimate of drug-likeness (QED) is 0.339. The van der Waals surface area contributed by atoms with Gasteiger partial charge in [0.05, 0.1) is 26.9 Å². The number of ketones is 1. The summed E-state index contributed by atoms with van der Waals surface area (Å²) >= 11 is 12.4. The maximum atomic E-state index is 13.4. The highest BCUT2D eigenvalue weighted by Crippen LogP contribution is 2.44. The normalized spacial score (nSPS) is 15.6. The number of benzene rings is 3. The van der Waals surface area contributed by atoms with E-state index in [9.17, 15) is 4.79 Å². The second kappa shape index (κ2) is 10.2. The lowest BCUT2D eigenvalue weighted by atomic mass is 9.99. The Morgan fingerprint density at radius 2 is 1.70 bits per heavy atom. The molecular formula is C28H25Cl2NO6. The summed E-state index contributed by atoms with van der Waals surface area (Å²) in [5, 5.41) is 1.20. The Hall–Kier alpha value is -3.39. The molecule has 5 rings (SSSR count). The topological polar surface area (TPSA) is 66.5 Å². The number of nitrogens with zero attached hydrogens (tertiary/aromatic N) is 1. The summed E-state index contributed by atoms with van der Waals surface area (Å²) in [4.78, 5) is 15.5. The molecule has 0 spiro atoms. The zero-order chi connectivity index (χ0) is 26.3. The molecule has 2 heterocycles. The van der Waals surface area contributed by atoms with Crippen LogP contribution in [-0.4, -0.2) is 38.7 Å². The Kier molecular flexibility index (Phi) is 6.94. The van der Waals surface area contributed by atoms with Gasteiger partial charge < -0.3 is 23.7 Å². The first-order valence-corrected chi connectivity index (χ1v) is 12.3. The number of hydrogen-bond donors (Lipinski definition) is 0. The lowest BCUT2D eigenvalue weighted by Gasteiger charge is -2.30. The van der Waals surface area contributed by atoms with Crippen LogP contribution in [0, 0.1) is 6.92 Å². The Bertz CT molecular complexity index is 1430. The molecule has 0 N–H and O–H groups in total. The molecule has 0 saturated carbocycles. The number of fused-ring (bicyclic) bond motifs is 2. The van der Waals surface area contributed by atoms with E-state index in [1.165, 1.54) is 0 Å². The van der Waals surface area contributed by atoms with Crippen LogP contribution >= 0.6 is 23.2 Å². The maximum absolute atomic E-state index is 13.4. The third-order valence-electron chi connectivity index (χ3n) is 6.43. The van der Waals surface area contributed by atoms with Gasteiger partial charge in [0.15, 0.2) is 17.3 Å². The van der Waals surface area contributed by atoms with Crippen LogP contribution in [0.5, 0.6) is 28.7 Å². The van der Waals surface area contributed by atoms with Crippen LogP contribution in [0.25, 0.3) is 6.08 Å². The molecule has 0 unspecified atom stereocenters. The SMILES string of the molecule is COc1cc(OC)c(OC)cc1/C=C1\Oc2c(cc3c(c2C)OCN(Cc2ccc(Cl)cc2Cl)C3)C1=O. The average Bonchev–Trinajstić information content (AvgIpc) is 3.20. The predicted molar refractivity (Wildman–Crippen MR) is 141 cm³/mol. The minimum atomic E-state index is -0.212. The molecule has 2 aliphatic rings. The smallest absolute Gasteiger partial charge is 0.231 e. The summed E-state index contributed by atoms with van der Waals surface area (Å²) in [6.07, 6.45) is 1.65. The number of allylic oxidation sites excluding steroid dienone is 1. The molecule has 0 radical (unpaired) electrons. The van der Waals surface area contributed by atoms with E-state index in [2.05, 4.69) is 4.90 Å². The molecule has 0 fully saturated rings. The molecule has 0 saturated heterocycles. The van der Waals surface area contributed by atoms with Crippen molar-refractivity contribution in [2.45, 2.75) is 20.0 Å². The monoisotopic (exact) mass is 541 g/mol. The van der Waals surface area contributed by atoms with Gasteiger partial charge in [-0.25, -0.2) is 0 Å². The summed E-state index contributed by atoms with van der Waals surface area (Å²) in [6.45, 7) is 3.46. The van der Waals surface area contributed by atoms with Gasteiger partial charge in [-0.15, -0.1) is 0 Å². The molecule has 0 bridgehead atoms. The van der Waals surface area contributed by atoms with E-state index < -0.39 is 0 Å². The van der Waals surface area contributed by atoms with Gasteiger partial charge in [-0.05, 0) is 42.8 Å². The number of halogens is 2. The van der Waals surface area contributed by atoms with Crippen molar-refractivity contribution in [3.05, 3.63) is 80.0 Å². The molecule has 3 aromatic carbocycles. The van der Waals surface area contributed by atoms with Crippen molar-refractivity contribution < 1.29 is 28.5 Å². The van der Waals surface area contributed by atoms with E-state index in [0.29, 0.717) is 64.0 Å². The van der Waals surface area contributed by atoms with Gasteiger partial charge in [-0.1, -0.05) is 29.3 Å². The summed E-state index contributed by atoms with van der Waals surface area (Å²) in [5.41, 5.74) is 3.77. The van der Waals surface area contributed by atoms with Gasteiger partial charge >= 0.3 is 0 Å². The number of methoxy groups -OCH3 is 3. The summed E-state index contributed by atoms with van der Waals surface area (Å²) in [6, 6.07) is 10.7.